The van der Waals surface area contributed by atoms with Gasteiger partial charge in [-0.05, 0) is 32.3 Å². The Hall–Kier alpha value is -0.820. The molecule has 1 aromatic rings. The van der Waals surface area contributed by atoms with E-state index >= 15 is 0 Å². The van der Waals surface area contributed by atoms with Gasteiger partial charge in [0.15, 0.2) is 0 Å². The minimum Gasteiger partial charge on any atom is -0.307 e. The Morgan fingerprint density at radius 1 is 1.25 bits per heavy atom. The van der Waals surface area contributed by atoms with E-state index in [4.69, 9.17) is 0 Å². The average Bonchev–Trinajstić information content (AvgIpc) is 2.28. The second-order valence-electron chi connectivity index (χ2n) is 4.70. The van der Waals surface area contributed by atoms with Gasteiger partial charge in [-0.25, -0.2) is 0 Å². The van der Waals surface area contributed by atoms with Crippen LogP contribution < -0.4 is 5.32 Å². The highest BCUT2D eigenvalue weighted by molar-refractivity contribution is 5.24. The fraction of sp³-hybridized carbons (Fsp3) is 0.600. The quantitative estimate of drug-likeness (QED) is 0.755. The predicted octanol–water partition coefficient (Wildman–Crippen LogP) is 4.22. The van der Waals surface area contributed by atoms with Crippen LogP contribution in [-0.2, 0) is 0 Å². The highest BCUT2D eigenvalue weighted by atomic mass is 14.9. The zero-order valence-corrected chi connectivity index (χ0v) is 11.1. The van der Waals surface area contributed by atoms with Crippen molar-refractivity contribution in [1.29, 1.82) is 0 Å². The maximum atomic E-state index is 3.71. The Kier molecular flexibility index (Phi) is 5.54. The van der Waals surface area contributed by atoms with E-state index in [9.17, 15) is 0 Å². The van der Waals surface area contributed by atoms with Crippen LogP contribution in [0.2, 0.25) is 0 Å². The van der Waals surface area contributed by atoms with E-state index in [0.29, 0.717) is 12.1 Å². The Balaban J connectivity index is 2.60. The summed E-state index contributed by atoms with van der Waals surface area (Å²) >= 11 is 0. The van der Waals surface area contributed by atoms with Crippen LogP contribution in [0.4, 0.5) is 0 Å². The van der Waals surface area contributed by atoms with Crippen molar-refractivity contribution >= 4 is 0 Å². The molecule has 0 amide bonds. The molecule has 1 nitrogen and oxygen atoms in total. The van der Waals surface area contributed by atoms with Crippen LogP contribution in [0.15, 0.2) is 24.3 Å². The fourth-order valence-electron chi connectivity index (χ4n) is 2.14. The van der Waals surface area contributed by atoms with E-state index in [1.165, 1.54) is 30.4 Å². The molecule has 0 heterocycles. The molecular weight excluding hydrogens is 194 g/mol. The molecule has 2 atom stereocenters. The normalized spacial score (nSPS) is 14.8. The molecule has 0 aliphatic carbocycles. The summed E-state index contributed by atoms with van der Waals surface area (Å²) in [5.41, 5.74) is 2.74. The summed E-state index contributed by atoms with van der Waals surface area (Å²) in [4.78, 5) is 0. The van der Waals surface area contributed by atoms with Crippen molar-refractivity contribution in [1.82, 2.24) is 5.32 Å². The van der Waals surface area contributed by atoms with Gasteiger partial charge in [-0.2, -0.15) is 0 Å². The molecule has 16 heavy (non-hydrogen) atoms. The average molecular weight is 219 g/mol. The summed E-state index contributed by atoms with van der Waals surface area (Å²) in [5.74, 6) is 0. The molecule has 0 saturated carbocycles. The van der Waals surface area contributed by atoms with Crippen molar-refractivity contribution in [2.24, 2.45) is 0 Å². The smallest absolute Gasteiger partial charge is 0.0294 e. The topological polar surface area (TPSA) is 12.0 Å². The first-order valence-electron chi connectivity index (χ1n) is 6.50. The second-order valence-corrected chi connectivity index (χ2v) is 4.70. The number of nitrogens with one attached hydrogen (secondary N) is 1. The zero-order valence-electron chi connectivity index (χ0n) is 11.1. The summed E-state index contributed by atoms with van der Waals surface area (Å²) in [6.45, 7) is 8.92. The summed E-state index contributed by atoms with van der Waals surface area (Å²) < 4.78 is 0. The molecule has 0 aliphatic rings. The lowest BCUT2D eigenvalue weighted by molar-refractivity contribution is 0.417. The molecule has 1 aromatic carbocycles. The summed E-state index contributed by atoms with van der Waals surface area (Å²) in [6, 6.07) is 9.89. The van der Waals surface area contributed by atoms with E-state index in [2.05, 4.69) is 57.3 Å². The first kappa shape index (κ1) is 13.2. The van der Waals surface area contributed by atoms with E-state index in [-0.39, 0.29) is 0 Å². The number of benzene rings is 1. The van der Waals surface area contributed by atoms with Crippen LogP contribution in [-0.4, -0.2) is 6.04 Å². The number of hydrogen-bond donors (Lipinski definition) is 1. The minimum atomic E-state index is 0.455. The molecule has 0 bridgehead atoms. The van der Waals surface area contributed by atoms with E-state index in [1.54, 1.807) is 0 Å². The maximum Gasteiger partial charge on any atom is 0.0294 e. The molecule has 1 N–H and O–H groups in total. The van der Waals surface area contributed by atoms with Crippen LogP contribution in [0.25, 0.3) is 0 Å². The maximum absolute atomic E-state index is 3.71. The lowest BCUT2D eigenvalue weighted by Crippen LogP contribution is -2.30. The summed E-state index contributed by atoms with van der Waals surface area (Å²) in [5, 5.41) is 3.71. The zero-order chi connectivity index (χ0) is 12.0. The van der Waals surface area contributed by atoms with Gasteiger partial charge < -0.3 is 5.32 Å². The van der Waals surface area contributed by atoms with Gasteiger partial charge in [0.2, 0.25) is 0 Å². The monoisotopic (exact) mass is 219 g/mol. The van der Waals surface area contributed by atoms with Gasteiger partial charge in [0.1, 0.15) is 0 Å². The molecule has 0 radical (unpaired) electrons. The molecule has 90 valence electrons. The predicted molar refractivity (Wildman–Crippen MR) is 71.7 cm³/mol. The van der Waals surface area contributed by atoms with Crippen LogP contribution >= 0.6 is 0 Å². The van der Waals surface area contributed by atoms with Crippen molar-refractivity contribution < 1.29 is 0 Å². The van der Waals surface area contributed by atoms with Crippen LogP contribution in [0, 0.1) is 6.92 Å². The van der Waals surface area contributed by atoms with Crippen molar-refractivity contribution in [2.75, 3.05) is 0 Å². The Morgan fingerprint density at radius 2 is 2.00 bits per heavy atom. The Labute approximate surface area is 100 Å². The third kappa shape index (κ3) is 3.97. The van der Waals surface area contributed by atoms with E-state index < -0.39 is 0 Å². The molecule has 1 rings (SSSR count). The largest absolute Gasteiger partial charge is 0.307 e. The summed E-state index contributed by atoms with van der Waals surface area (Å²) in [7, 11) is 0. The van der Waals surface area contributed by atoms with Gasteiger partial charge in [0.05, 0.1) is 0 Å². The van der Waals surface area contributed by atoms with Crippen molar-refractivity contribution in [3.63, 3.8) is 0 Å². The Morgan fingerprint density at radius 3 is 2.56 bits per heavy atom. The SMILES string of the molecule is CCCC(CC)N[C@@H](C)c1cccc(C)c1. The number of hydrogen-bond acceptors (Lipinski definition) is 1. The van der Waals surface area contributed by atoms with Gasteiger partial charge in [0.25, 0.3) is 0 Å². The molecule has 0 saturated heterocycles. The first-order valence-corrected chi connectivity index (χ1v) is 6.50. The van der Waals surface area contributed by atoms with Gasteiger partial charge >= 0.3 is 0 Å². The van der Waals surface area contributed by atoms with E-state index in [0.717, 1.165) is 0 Å². The summed E-state index contributed by atoms with van der Waals surface area (Å²) in [6.07, 6.45) is 3.74. The van der Waals surface area contributed by atoms with Gasteiger partial charge in [-0.3, -0.25) is 0 Å². The van der Waals surface area contributed by atoms with Crippen molar-refractivity contribution in [2.45, 2.75) is 59.0 Å². The van der Waals surface area contributed by atoms with Crippen molar-refractivity contribution in [3.8, 4) is 0 Å². The molecule has 0 aromatic heterocycles. The fourth-order valence-corrected chi connectivity index (χ4v) is 2.14. The van der Waals surface area contributed by atoms with Gasteiger partial charge in [0, 0.05) is 12.1 Å². The molecule has 1 unspecified atom stereocenters. The van der Waals surface area contributed by atoms with Crippen LogP contribution in [0.3, 0.4) is 0 Å². The van der Waals surface area contributed by atoms with Crippen molar-refractivity contribution in [3.05, 3.63) is 35.4 Å². The number of rotatable bonds is 6. The van der Waals surface area contributed by atoms with Gasteiger partial charge in [-0.15, -0.1) is 0 Å². The van der Waals surface area contributed by atoms with Gasteiger partial charge in [-0.1, -0.05) is 50.1 Å². The second kappa shape index (κ2) is 6.70. The number of aryl methyl sites for hydroxylation is 1. The Bertz CT molecular complexity index is 306. The lowest BCUT2D eigenvalue weighted by atomic mass is 10.0. The molecule has 0 aliphatic heterocycles. The first-order chi connectivity index (χ1) is 7.67. The van der Waals surface area contributed by atoms with Crippen LogP contribution in [0.1, 0.15) is 57.2 Å². The van der Waals surface area contributed by atoms with E-state index in [1.807, 2.05) is 0 Å². The highest BCUT2D eigenvalue weighted by Crippen LogP contribution is 2.16. The standard InChI is InChI=1S/C15H25N/c1-5-8-15(6-2)16-13(4)14-10-7-9-12(3)11-14/h7,9-11,13,15-16H,5-6,8H2,1-4H3/t13-,15?/m0/s1. The molecule has 0 spiro atoms. The molecule has 0 fully saturated rings. The third-order valence-corrected chi connectivity index (χ3v) is 3.16. The highest BCUT2D eigenvalue weighted by Gasteiger charge is 2.10. The van der Waals surface area contributed by atoms with Crippen LogP contribution in [0.5, 0.6) is 0 Å². The minimum absolute atomic E-state index is 0.455. The third-order valence-electron chi connectivity index (χ3n) is 3.16. The lowest BCUT2D eigenvalue weighted by Gasteiger charge is -2.22. The molecule has 1 heteroatoms. The molecular formula is C15H25N.